The van der Waals surface area contributed by atoms with Crippen LogP contribution in [0.5, 0.6) is 0 Å². The summed E-state index contributed by atoms with van der Waals surface area (Å²) < 4.78 is 0. The van der Waals surface area contributed by atoms with Crippen molar-refractivity contribution >= 4 is 0 Å². The van der Waals surface area contributed by atoms with E-state index < -0.39 is 0 Å². The van der Waals surface area contributed by atoms with Crippen LogP contribution in [-0.4, -0.2) is 6.04 Å². The molecule has 2 rings (SSSR count). The molecule has 0 heterocycles. The SMILES string of the molecule is CC1CCC(C(N)CC2CCCCC2)CC1C. The Hall–Kier alpha value is -0.0400. The average molecular weight is 237 g/mol. The molecule has 1 heteroatoms. The van der Waals surface area contributed by atoms with E-state index in [9.17, 15) is 0 Å². The summed E-state index contributed by atoms with van der Waals surface area (Å²) in [6.07, 6.45) is 12.8. The van der Waals surface area contributed by atoms with Gasteiger partial charge >= 0.3 is 0 Å². The third-order valence-corrected chi connectivity index (χ3v) is 5.57. The zero-order valence-electron chi connectivity index (χ0n) is 11.8. The molecule has 0 saturated heterocycles. The van der Waals surface area contributed by atoms with E-state index in [4.69, 9.17) is 5.73 Å². The quantitative estimate of drug-likeness (QED) is 0.775. The van der Waals surface area contributed by atoms with Gasteiger partial charge in [0.15, 0.2) is 0 Å². The van der Waals surface area contributed by atoms with Crippen molar-refractivity contribution in [3.8, 4) is 0 Å². The van der Waals surface area contributed by atoms with E-state index in [1.165, 1.54) is 57.8 Å². The van der Waals surface area contributed by atoms with Crippen LogP contribution < -0.4 is 5.73 Å². The van der Waals surface area contributed by atoms with Gasteiger partial charge in [-0.05, 0) is 42.9 Å². The van der Waals surface area contributed by atoms with Crippen LogP contribution in [0, 0.1) is 23.7 Å². The van der Waals surface area contributed by atoms with E-state index in [0.717, 1.165) is 23.7 Å². The standard InChI is InChI=1S/C16H31N/c1-12-8-9-15(10-13(12)2)16(17)11-14-6-4-3-5-7-14/h12-16H,3-11,17H2,1-2H3. The Morgan fingerprint density at radius 2 is 1.65 bits per heavy atom. The fourth-order valence-electron chi connectivity index (χ4n) is 3.98. The highest BCUT2D eigenvalue weighted by molar-refractivity contribution is 4.84. The van der Waals surface area contributed by atoms with Crippen molar-refractivity contribution < 1.29 is 0 Å². The van der Waals surface area contributed by atoms with Gasteiger partial charge < -0.3 is 5.73 Å². The lowest BCUT2D eigenvalue weighted by Gasteiger charge is -2.37. The highest BCUT2D eigenvalue weighted by Crippen LogP contribution is 2.37. The fourth-order valence-corrected chi connectivity index (χ4v) is 3.98. The van der Waals surface area contributed by atoms with E-state index in [2.05, 4.69) is 13.8 Å². The Kier molecular flexibility index (Phi) is 4.90. The van der Waals surface area contributed by atoms with Crippen LogP contribution in [0.4, 0.5) is 0 Å². The smallest absolute Gasteiger partial charge is 0.00699 e. The monoisotopic (exact) mass is 237 g/mol. The summed E-state index contributed by atoms with van der Waals surface area (Å²) in [5.41, 5.74) is 6.49. The summed E-state index contributed by atoms with van der Waals surface area (Å²) in [5, 5.41) is 0. The van der Waals surface area contributed by atoms with Crippen LogP contribution in [0.3, 0.4) is 0 Å². The third kappa shape index (κ3) is 3.71. The van der Waals surface area contributed by atoms with Gasteiger partial charge in [-0.15, -0.1) is 0 Å². The van der Waals surface area contributed by atoms with Crippen molar-refractivity contribution in [3.63, 3.8) is 0 Å². The lowest BCUT2D eigenvalue weighted by molar-refractivity contribution is 0.167. The number of hydrogen-bond donors (Lipinski definition) is 1. The van der Waals surface area contributed by atoms with Gasteiger partial charge in [0.05, 0.1) is 0 Å². The predicted molar refractivity (Wildman–Crippen MR) is 74.8 cm³/mol. The molecule has 0 aliphatic heterocycles. The summed E-state index contributed by atoms with van der Waals surface area (Å²) in [6.45, 7) is 4.83. The molecule has 0 amide bonds. The van der Waals surface area contributed by atoms with Gasteiger partial charge in [0.25, 0.3) is 0 Å². The van der Waals surface area contributed by atoms with Gasteiger partial charge in [-0.25, -0.2) is 0 Å². The second kappa shape index (κ2) is 6.22. The molecule has 0 aromatic carbocycles. The van der Waals surface area contributed by atoms with Crippen molar-refractivity contribution in [2.45, 2.75) is 77.7 Å². The van der Waals surface area contributed by atoms with Crippen molar-refractivity contribution in [1.29, 1.82) is 0 Å². The van der Waals surface area contributed by atoms with E-state index in [1.54, 1.807) is 0 Å². The highest BCUT2D eigenvalue weighted by Gasteiger charge is 2.29. The van der Waals surface area contributed by atoms with Crippen LogP contribution in [0.1, 0.15) is 71.6 Å². The van der Waals surface area contributed by atoms with Crippen molar-refractivity contribution in [3.05, 3.63) is 0 Å². The lowest BCUT2D eigenvalue weighted by atomic mass is 9.71. The van der Waals surface area contributed by atoms with Crippen LogP contribution in [0.2, 0.25) is 0 Å². The zero-order chi connectivity index (χ0) is 12.3. The van der Waals surface area contributed by atoms with Crippen LogP contribution >= 0.6 is 0 Å². The molecule has 2 aliphatic carbocycles. The maximum atomic E-state index is 6.49. The van der Waals surface area contributed by atoms with Gasteiger partial charge in [-0.2, -0.15) is 0 Å². The normalized spacial score (nSPS) is 37.9. The topological polar surface area (TPSA) is 26.0 Å². The summed E-state index contributed by atoms with van der Waals surface area (Å²) in [7, 11) is 0. The molecule has 17 heavy (non-hydrogen) atoms. The number of hydrogen-bond acceptors (Lipinski definition) is 1. The summed E-state index contributed by atoms with van der Waals surface area (Å²) >= 11 is 0. The Morgan fingerprint density at radius 3 is 2.29 bits per heavy atom. The molecule has 2 saturated carbocycles. The van der Waals surface area contributed by atoms with Crippen LogP contribution in [-0.2, 0) is 0 Å². The van der Waals surface area contributed by atoms with Gasteiger partial charge in [-0.1, -0.05) is 52.4 Å². The van der Waals surface area contributed by atoms with E-state index in [0.29, 0.717) is 6.04 Å². The highest BCUT2D eigenvalue weighted by atomic mass is 14.7. The molecule has 0 bridgehead atoms. The van der Waals surface area contributed by atoms with E-state index in [1.807, 2.05) is 0 Å². The van der Waals surface area contributed by atoms with Crippen molar-refractivity contribution in [1.82, 2.24) is 0 Å². The molecule has 0 aromatic rings. The lowest BCUT2D eigenvalue weighted by Crippen LogP contribution is -2.37. The molecular weight excluding hydrogens is 206 g/mol. The maximum Gasteiger partial charge on any atom is 0.00699 e. The zero-order valence-corrected chi connectivity index (χ0v) is 11.8. The van der Waals surface area contributed by atoms with E-state index in [-0.39, 0.29) is 0 Å². The molecule has 4 atom stereocenters. The minimum atomic E-state index is 0.494. The largest absolute Gasteiger partial charge is 0.327 e. The minimum absolute atomic E-state index is 0.494. The minimum Gasteiger partial charge on any atom is -0.327 e. The molecule has 2 aliphatic rings. The van der Waals surface area contributed by atoms with Gasteiger partial charge in [-0.3, -0.25) is 0 Å². The van der Waals surface area contributed by atoms with Gasteiger partial charge in [0.2, 0.25) is 0 Å². The molecule has 1 nitrogen and oxygen atoms in total. The summed E-state index contributed by atoms with van der Waals surface area (Å²) in [6, 6.07) is 0.494. The molecule has 2 fully saturated rings. The fraction of sp³-hybridized carbons (Fsp3) is 1.00. The average Bonchev–Trinajstić information content (AvgIpc) is 2.34. The van der Waals surface area contributed by atoms with E-state index >= 15 is 0 Å². The Bertz CT molecular complexity index is 220. The first-order chi connectivity index (χ1) is 8.16. The molecular formula is C16H31N. The van der Waals surface area contributed by atoms with Gasteiger partial charge in [0.1, 0.15) is 0 Å². The first kappa shape index (κ1) is 13.4. The molecule has 100 valence electrons. The summed E-state index contributed by atoms with van der Waals surface area (Å²) in [4.78, 5) is 0. The number of rotatable bonds is 3. The molecule has 0 spiro atoms. The Morgan fingerprint density at radius 1 is 0.941 bits per heavy atom. The Balaban J connectivity index is 1.77. The second-order valence-electron chi connectivity index (χ2n) is 6.93. The first-order valence-electron chi connectivity index (χ1n) is 7.92. The molecule has 0 aromatic heterocycles. The number of nitrogens with two attached hydrogens (primary N) is 1. The molecule has 0 radical (unpaired) electrons. The second-order valence-corrected chi connectivity index (χ2v) is 6.93. The molecule has 2 N–H and O–H groups in total. The first-order valence-corrected chi connectivity index (χ1v) is 7.92. The van der Waals surface area contributed by atoms with Gasteiger partial charge in [0, 0.05) is 6.04 Å². The Labute approximate surface area is 108 Å². The third-order valence-electron chi connectivity index (χ3n) is 5.57. The van der Waals surface area contributed by atoms with Crippen LogP contribution in [0.15, 0.2) is 0 Å². The van der Waals surface area contributed by atoms with Crippen LogP contribution in [0.25, 0.3) is 0 Å². The van der Waals surface area contributed by atoms with Crippen molar-refractivity contribution in [2.75, 3.05) is 0 Å². The maximum absolute atomic E-state index is 6.49. The summed E-state index contributed by atoms with van der Waals surface area (Å²) in [5.74, 6) is 3.59. The predicted octanol–water partition coefficient (Wildman–Crippen LogP) is 4.36. The molecule has 4 unspecified atom stereocenters. The van der Waals surface area contributed by atoms with Crippen molar-refractivity contribution in [2.24, 2.45) is 29.4 Å².